The van der Waals surface area contributed by atoms with Crippen molar-refractivity contribution < 1.29 is 13.9 Å². The van der Waals surface area contributed by atoms with Gasteiger partial charge < -0.3 is 25.2 Å². The molecule has 1 atom stereocenters. The SMILES string of the molecule is CCOCCCNC(=NCC(=O)N(C)C)NC1CCCN(c2ccc(F)cc2C)C1.I. The fourth-order valence-electron chi connectivity index (χ4n) is 3.45. The van der Waals surface area contributed by atoms with Gasteiger partial charge in [-0.25, -0.2) is 9.38 Å². The zero-order chi connectivity index (χ0) is 21.9. The van der Waals surface area contributed by atoms with Crippen LogP contribution in [0.2, 0.25) is 0 Å². The molecule has 31 heavy (non-hydrogen) atoms. The summed E-state index contributed by atoms with van der Waals surface area (Å²) in [6.07, 6.45) is 2.91. The van der Waals surface area contributed by atoms with E-state index < -0.39 is 0 Å². The maximum absolute atomic E-state index is 13.5. The summed E-state index contributed by atoms with van der Waals surface area (Å²) in [6.45, 7) is 7.87. The topological polar surface area (TPSA) is 69.2 Å². The van der Waals surface area contributed by atoms with E-state index in [2.05, 4.69) is 20.5 Å². The van der Waals surface area contributed by atoms with Crippen LogP contribution < -0.4 is 15.5 Å². The number of anilines is 1. The molecule has 176 valence electrons. The van der Waals surface area contributed by atoms with Crippen molar-refractivity contribution in [1.82, 2.24) is 15.5 Å². The van der Waals surface area contributed by atoms with Gasteiger partial charge in [-0.1, -0.05) is 0 Å². The molecule has 0 spiro atoms. The Bertz CT molecular complexity index is 717. The van der Waals surface area contributed by atoms with Crippen molar-refractivity contribution in [3.8, 4) is 0 Å². The molecule has 1 fully saturated rings. The number of hydrogen-bond acceptors (Lipinski definition) is 4. The average Bonchev–Trinajstić information content (AvgIpc) is 2.71. The first-order chi connectivity index (χ1) is 14.4. The maximum atomic E-state index is 13.5. The van der Waals surface area contributed by atoms with E-state index in [1.807, 2.05) is 19.9 Å². The van der Waals surface area contributed by atoms with E-state index in [0.717, 1.165) is 50.1 Å². The number of halogens is 2. The second kappa shape index (κ2) is 14.4. The molecule has 1 heterocycles. The van der Waals surface area contributed by atoms with E-state index in [1.165, 1.54) is 11.0 Å². The van der Waals surface area contributed by atoms with E-state index in [1.54, 1.807) is 20.2 Å². The van der Waals surface area contributed by atoms with Gasteiger partial charge in [0.15, 0.2) is 5.96 Å². The van der Waals surface area contributed by atoms with Crippen LogP contribution in [-0.4, -0.2) is 76.3 Å². The molecule has 9 heteroatoms. The Morgan fingerprint density at radius 1 is 1.39 bits per heavy atom. The van der Waals surface area contributed by atoms with E-state index in [0.29, 0.717) is 19.2 Å². The van der Waals surface area contributed by atoms with Crippen LogP contribution in [0.5, 0.6) is 0 Å². The number of benzene rings is 1. The summed E-state index contributed by atoms with van der Waals surface area (Å²) in [5.74, 6) is 0.390. The van der Waals surface area contributed by atoms with Gasteiger partial charge in [0, 0.05) is 58.7 Å². The number of nitrogens with one attached hydrogen (secondary N) is 2. The number of aliphatic imine (C=N–C) groups is 1. The molecule has 7 nitrogen and oxygen atoms in total. The number of nitrogens with zero attached hydrogens (tertiary/aromatic N) is 3. The molecule has 2 N–H and O–H groups in total. The smallest absolute Gasteiger partial charge is 0.243 e. The van der Waals surface area contributed by atoms with Crippen molar-refractivity contribution in [1.29, 1.82) is 0 Å². The van der Waals surface area contributed by atoms with Gasteiger partial charge in [0.1, 0.15) is 12.4 Å². The molecule has 2 rings (SSSR count). The first-order valence-electron chi connectivity index (χ1n) is 10.7. The van der Waals surface area contributed by atoms with Gasteiger partial charge in [0.25, 0.3) is 0 Å². The Labute approximate surface area is 202 Å². The van der Waals surface area contributed by atoms with Crippen molar-refractivity contribution in [2.75, 3.05) is 58.4 Å². The van der Waals surface area contributed by atoms with Gasteiger partial charge in [0.2, 0.25) is 5.91 Å². The van der Waals surface area contributed by atoms with Crippen LogP contribution in [0.4, 0.5) is 10.1 Å². The molecule has 1 aliphatic rings. The Hall–Kier alpha value is -1.62. The molecule has 1 saturated heterocycles. The van der Waals surface area contributed by atoms with Crippen molar-refractivity contribution in [2.24, 2.45) is 4.99 Å². The third-order valence-electron chi connectivity index (χ3n) is 5.10. The summed E-state index contributed by atoms with van der Waals surface area (Å²) in [5, 5.41) is 6.80. The summed E-state index contributed by atoms with van der Waals surface area (Å²) in [5.41, 5.74) is 2.00. The highest BCUT2D eigenvalue weighted by Crippen LogP contribution is 2.24. The number of amides is 1. The molecule has 0 aliphatic carbocycles. The Morgan fingerprint density at radius 3 is 2.84 bits per heavy atom. The van der Waals surface area contributed by atoms with E-state index in [4.69, 9.17) is 4.74 Å². The fourth-order valence-corrected chi connectivity index (χ4v) is 3.45. The first-order valence-corrected chi connectivity index (χ1v) is 10.7. The lowest BCUT2D eigenvalue weighted by atomic mass is 10.0. The number of carbonyl (C=O) groups is 1. The number of rotatable bonds is 9. The second-order valence-corrected chi connectivity index (χ2v) is 7.79. The molecule has 0 radical (unpaired) electrons. The lowest BCUT2D eigenvalue weighted by Gasteiger charge is -2.36. The molecule has 1 aliphatic heterocycles. The quantitative estimate of drug-likeness (QED) is 0.215. The average molecular weight is 549 g/mol. The van der Waals surface area contributed by atoms with Gasteiger partial charge in [-0.05, 0) is 56.9 Å². The minimum absolute atomic E-state index is 0. The van der Waals surface area contributed by atoms with Crippen LogP contribution in [0.1, 0.15) is 31.7 Å². The van der Waals surface area contributed by atoms with Crippen LogP contribution in [0.25, 0.3) is 0 Å². The lowest BCUT2D eigenvalue weighted by molar-refractivity contribution is -0.127. The molecular weight excluding hydrogens is 512 g/mol. The number of ether oxygens (including phenoxy) is 1. The molecule has 1 amide bonds. The van der Waals surface area contributed by atoms with E-state index in [9.17, 15) is 9.18 Å². The minimum atomic E-state index is -0.209. The number of likely N-dealkylation sites (N-methyl/N-ethyl adjacent to an activating group) is 1. The van der Waals surface area contributed by atoms with Crippen LogP contribution in [-0.2, 0) is 9.53 Å². The van der Waals surface area contributed by atoms with Gasteiger partial charge in [-0.2, -0.15) is 0 Å². The first kappa shape index (κ1) is 27.4. The third kappa shape index (κ3) is 9.59. The maximum Gasteiger partial charge on any atom is 0.243 e. The Kier molecular flexibility index (Phi) is 12.8. The molecule has 1 unspecified atom stereocenters. The highest BCUT2D eigenvalue weighted by molar-refractivity contribution is 14.0. The number of hydrogen-bond donors (Lipinski definition) is 2. The molecular formula is C22H37FIN5O2. The van der Waals surface area contributed by atoms with Crippen molar-refractivity contribution in [2.45, 2.75) is 39.2 Å². The summed E-state index contributed by atoms with van der Waals surface area (Å²) >= 11 is 0. The molecule has 1 aromatic rings. The standard InChI is InChI=1S/C22H36FN5O2.HI/c1-5-30-13-7-11-24-22(25-15-21(29)27(3)4)26-19-8-6-12-28(16-19)20-10-9-18(23)14-17(20)2;/h9-10,14,19H,5-8,11-13,15-16H2,1-4H3,(H2,24,25,26);1H. The second-order valence-electron chi connectivity index (χ2n) is 7.79. The van der Waals surface area contributed by atoms with Gasteiger partial charge in [-0.3, -0.25) is 4.79 Å². The number of aryl methyl sites for hydroxylation is 1. The predicted molar refractivity (Wildman–Crippen MR) is 135 cm³/mol. The molecule has 1 aromatic carbocycles. The normalized spacial score (nSPS) is 16.5. The van der Waals surface area contributed by atoms with Crippen molar-refractivity contribution in [3.05, 3.63) is 29.6 Å². The molecule has 0 bridgehead atoms. The number of guanidine groups is 1. The molecule has 0 aromatic heterocycles. The van der Waals surface area contributed by atoms with Crippen LogP contribution in [0.15, 0.2) is 23.2 Å². The minimum Gasteiger partial charge on any atom is -0.382 e. The van der Waals surface area contributed by atoms with Crippen molar-refractivity contribution in [3.63, 3.8) is 0 Å². The zero-order valence-electron chi connectivity index (χ0n) is 19.1. The summed E-state index contributed by atoms with van der Waals surface area (Å²) in [7, 11) is 3.45. The summed E-state index contributed by atoms with van der Waals surface area (Å²) in [6, 6.07) is 5.13. The fraction of sp³-hybridized carbons (Fsp3) is 0.636. The number of carbonyl (C=O) groups excluding carboxylic acids is 1. The Morgan fingerprint density at radius 2 is 2.16 bits per heavy atom. The highest BCUT2D eigenvalue weighted by Gasteiger charge is 2.22. The Balaban J connectivity index is 0.00000480. The lowest BCUT2D eigenvalue weighted by Crippen LogP contribution is -2.51. The van der Waals surface area contributed by atoms with Gasteiger partial charge in [-0.15, -0.1) is 24.0 Å². The predicted octanol–water partition coefficient (Wildman–Crippen LogP) is 2.77. The van der Waals surface area contributed by atoms with Gasteiger partial charge >= 0.3 is 0 Å². The highest BCUT2D eigenvalue weighted by atomic mass is 127. The van der Waals surface area contributed by atoms with Crippen LogP contribution in [0.3, 0.4) is 0 Å². The van der Waals surface area contributed by atoms with Crippen LogP contribution >= 0.6 is 24.0 Å². The van der Waals surface area contributed by atoms with Crippen molar-refractivity contribution >= 4 is 41.5 Å². The van der Waals surface area contributed by atoms with E-state index >= 15 is 0 Å². The third-order valence-corrected chi connectivity index (χ3v) is 5.10. The van der Waals surface area contributed by atoms with Gasteiger partial charge in [0.05, 0.1) is 0 Å². The largest absolute Gasteiger partial charge is 0.382 e. The molecule has 0 saturated carbocycles. The summed E-state index contributed by atoms with van der Waals surface area (Å²) in [4.78, 5) is 20.3. The monoisotopic (exact) mass is 549 g/mol. The summed E-state index contributed by atoms with van der Waals surface area (Å²) < 4.78 is 18.9. The zero-order valence-corrected chi connectivity index (χ0v) is 21.4. The number of piperidine rings is 1. The van der Waals surface area contributed by atoms with E-state index in [-0.39, 0.29) is 48.3 Å². The van der Waals surface area contributed by atoms with Crippen LogP contribution in [0, 0.1) is 12.7 Å².